The summed E-state index contributed by atoms with van der Waals surface area (Å²) in [5, 5.41) is 15.5. The number of nitrogens with one attached hydrogen (secondary N) is 2. The van der Waals surface area contributed by atoms with Crippen LogP contribution < -0.4 is 10.6 Å². The molecule has 0 saturated heterocycles. The summed E-state index contributed by atoms with van der Waals surface area (Å²) in [6.07, 6.45) is 2.74. The van der Waals surface area contributed by atoms with Gasteiger partial charge in [-0.05, 0) is 50.8 Å². The van der Waals surface area contributed by atoms with Gasteiger partial charge in [0.1, 0.15) is 0 Å². The van der Waals surface area contributed by atoms with Crippen molar-refractivity contribution in [2.75, 3.05) is 11.9 Å². The fraction of sp³-hybridized carbons (Fsp3) is 0.611. The predicted molar refractivity (Wildman–Crippen MR) is 91.5 cm³/mol. The zero-order valence-corrected chi connectivity index (χ0v) is 14.3. The Morgan fingerprint density at radius 3 is 2.83 bits per heavy atom. The molecule has 23 heavy (non-hydrogen) atoms. The first kappa shape index (κ1) is 17.8. The molecule has 2 amide bonds. The van der Waals surface area contributed by atoms with Gasteiger partial charge < -0.3 is 20.5 Å². The monoisotopic (exact) mass is 320 g/mol. The molecule has 1 aromatic rings. The van der Waals surface area contributed by atoms with Crippen LogP contribution in [-0.2, 0) is 11.3 Å². The van der Waals surface area contributed by atoms with Gasteiger partial charge in [-0.3, -0.25) is 0 Å². The summed E-state index contributed by atoms with van der Waals surface area (Å²) in [7, 11) is 0. The number of rotatable bonds is 6. The Kier molecular flexibility index (Phi) is 6.42. The number of amides is 2. The fourth-order valence-electron chi connectivity index (χ4n) is 2.88. The van der Waals surface area contributed by atoms with Crippen LogP contribution in [0.15, 0.2) is 18.2 Å². The lowest BCUT2D eigenvalue weighted by atomic mass is 10.1. The van der Waals surface area contributed by atoms with Crippen molar-refractivity contribution in [1.29, 1.82) is 0 Å². The van der Waals surface area contributed by atoms with E-state index >= 15 is 0 Å². The lowest BCUT2D eigenvalue weighted by molar-refractivity contribution is 0.0654. The van der Waals surface area contributed by atoms with Crippen molar-refractivity contribution in [1.82, 2.24) is 5.32 Å². The molecule has 0 radical (unpaired) electrons. The van der Waals surface area contributed by atoms with E-state index in [0.717, 1.165) is 36.1 Å². The predicted octanol–water partition coefficient (Wildman–Crippen LogP) is 3.20. The molecule has 1 fully saturated rings. The molecule has 0 aliphatic heterocycles. The number of aliphatic hydroxyl groups is 1. The Balaban J connectivity index is 1.88. The molecule has 1 saturated carbocycles. The minimum Gasteiger partial charge on any atom is -0.393 e. The number of benzene rings is 1. The number of aliphatic hydroxyl groups excluding tert-OH is 1. The second-order valence-electron chi connectivity index (χ2n) is 6.54. The molecule has 1 aliphatic carbocycles. The van der Waals surface area contributed by atoms with Crippen LogP contribution in [0.5, 0.6) is 0 Å². The number of anilines is 1. The third-order valence-corrected chi connectivity index (χ3v) is 4.41. The SMILES string of the molecule is Cc1c(COC(C)C)cccc1NC(=O)NC[C@@H]1CCC[C@@H]1O. The largest absolute Gasteiger partial charge is 0.393 e. The summed E-state index contributed by atoms with van der Waals surface area (Å²) in [4.78, 5) is 12.1. The van der Waals surface area contributed by atoms with Gasteiger partial charge in [0.25, 0.3) is 0 Å². The topological polar surface area (TPSA) is 70.6 Å². The second kappa shape index (κ2) is 8.31. The molecule has 5 nitrogen and oxygen atoms in total. The molecule has 0 aromatic heterocycles. The molecule has 5 heteroatoms. The quantitative estimate of drug-likeness (QED) is 0.754. The van der Waals surface area contributed by atoms with E-state index in [4.69, 9.17) is 4.74 Å². The van der Waals surface area contributed by atoms with Gasteiger partial charge in [-0.1, -0.05) is 18.6 Å². The van der Waals surface area contributed by atoms with E-state index in [1.54, 1.807) is 0 Å². The highest BCUT2D eigenvalue weighted by atomic mass is 16.5. The minimum atomic E-state index is -0.284. The number of carbonyl (C=O) groups is 1. The Hall–Kier alpha value is -1.59. The Bertz CT molecular complexity index is 531. The molecular weight excluding hydrogens is 292 g/mol. The summed E-state index contributed by atoms with van der Waals surface area (Å²) < 4.78 is 5.64. The van der Waals surface area contributed by atoms with Crippen molar-refractivity contribution in [2.45, 2.75) is 58.8 Å². The molecule has 2 rings (SSSR count). The summed E-state index contributed by atoms with van der Waals surface area (Å²) in [5.74, 6) is 0.174. The standard InChI is InChI=1S/C18H28N2O3/c1-12(2)23-11-15-7-4-8-16(13(15)3)20-18(22)19-10-14-6-5-9-17(14)21/h4,7-8,12,14,17,21H,5-6,9-11H2,1-3H3,(H2,19,20,22)/t14-,17-/m0/s1. The molecule has 0 bridgehead atoms. The summed E-state index contributed by atoms with van der Waals surface area (Å²) in [5.41, 5.74) is 2.88. The average molecular weight is 320 g/mol. The molecule has 0 heterocycles. The van der Waals surface area contributed by atoms with E-state index in [-0.39, 0.29) is 24.2 Å². The average Bonchev–Trinajstić information content (AvgIpc) is 2.91. The van der Waals surface area contributed by atoms with Crippen LogP contribution in [0.1, 0.15) is 44.2 Å². The van der Waals surface area contributed by atoms with E-state index in [1.165, 1.54) is 0 Å². The van der Waals surface area contributed by atoms with Crippen LogP contribution in [0.2, 0.25) is 0 Å². The van der Waals surface area contributed by atoms with Crippen molar-refractivity contribution < 1.29 is 14.6 Å². The van der Waals surface area contributed by atoms with Crippen LogP contribution in [0, 0.1) is 12.8 Å². The number of ether oxygens (including phenoxy) is 1. The maximum Gasteiger partial charge on any atom is 0.319 e. The van der Waals surface area contributed by atoms with Gasteiger partial charge in [-0.2, -0.15) is 0 Å². The number of urea groups is 1. The first-order valence-corrected chi connectivity index (χ1v) is 8.40. The smallest absolute Gasteiger partial charge is 0.319 e. The van der Waals surface area contributed by atoms with Crippen LogP contribution in [0.3, 0.4) is 0 Å². The van der Waals surface area contributed by atoms with Crippen molar-refractivity contribution >= 4 is 11.7 Å². The lowest BCUT2D eigenvalue weighted by Crippen LogP contribution is -2.35. The summed E-state index contributed by atoms with van der Waals surface area (Å²) >= 11 is 0. The van der Waals surface area contributed by atoms with Crippen LogP contribution in [0.4, 0.5) is 10.5 Å². The van der Waals surface area contributed by atoms with Crippen molar-refractivity contribution in [3.05, 3.63) is 29.3 Å². The fourth-order valence-corrected chi connectivity index (χ4v) is 2.88. The summed E-state index contributed by atoms with van der Waals surface area (Å²) in [6, 6.07) is 5.59. The molecule has 1 aromatic carbocycles. The lowest BCUT2D eigenvalue weighted by Gasteiger charge is -2.17. The van der Waals surface area contributed by atoms with E-state index in [2.05, 4.69) is 10.6 Å². The van der Waals surface area contributed by atoms with Gasteiger partial charge in [0.15, 0.2) is 0 Å². The van der Waals surface area contributed by atoms with Crippen molar-refractivity contribution in [3.63, 3.8) is 0 Å². The molecule has 0 spiro atoms. The number of hydrogen-bond donors (Lipinski definition) is 3. The van der Waals surface area contributed by atoms with Crippen LogP contribution in [0.25, 0.3) is 0 Å². The first-order valence-electron chi connectivity index (χ1n) is 8.40. The van der Waals surface area contributed by atoms with Crippen LogP contribution in [-0.4, -0.2) is 29.9 Å². The normalized spacial score (nSPS) is 20.7. The Morgan fingerprint density at radius 1 is 1.39 bits per heavy atom. The minimum absolute atomic E-state index is 0.173. The zero-order chi connectivity index (χ0) is 16.8. The molecule has 2 atom stereocenters. The van der Waals surface area contributed by atoms with E-state index in [1.807, 2.05) is 39.0 Å². The van der Waals surface area contributed by atoms with Gasteiger partial charge >= 0.3 is 6.03 Å². The third kappa shape index (κ3) is 5.22. The highest BCUT2D eigenvalue weighted by Crippen LogP contribution is 2.25. The first-order chi connectivity index (χ1) is 11.0. The maximum atomic E-state index is 12.1. The number of hydrogen-bond acceptors (Lipinski definition) is 3. The van der Waals surface area contributed by atoms with E-state index in [0.29, 0.717) is 13.2 Å². The highest BCUT2D eigenvalue weighted by Gasteiger charge is 2.25. The van der Waals surface area contributed by atoms with E-state index < -0.39 is 0 Å². The van der Waals surface area contributed by atoms with E-state index in [9.17, 15) is 9.90 Å². The highest BCUT2D eigenvalue weighted by molar-refractivity contribution is 5.90. The van der Waals surface area contributed by atoms with Gasteiger partial charge in [-0.15, -0.1) is 0 Å². The van der Waals surface area contributed by atoms with Crippen LogP contribution >= 0.6 is 0 Å². The van der Waals surface area contributed by atoms with Gasteiger partial charge in [-0.25, -0.2) is 4.79 Å². The molecule has 1 aliphatic rings. The molecule has 128 valence electrons. The van der Waals surface area contributed by atoms with Crippen molar-refractivity contribution in [3.8, 4) is 0 Å². The number of carbonyl (C=O) groups excluding carboxylic acids is 1. The molecule has 3 N–H and O–H groups in total. The van der Waals surface area contributed by atoms with Gasteiger partial charge in [0, 0.05) is 18.2 Å². The second-order valence-corrected chi connectivity index (χ2v) is 6.54. The molecular formula is C18H28N2O3. The zero-order valence-electron chi connectivity index (χ0n) is 14.3. The maximum absolute atomic E-state index is 12.1. The molecule has 0 unspecified atom stereocenters. The van der Waals surface area contributed by atoms with Gasteiger partial charge in [0.05, 0.1) is 18.8 Å². The van der Waals surface area contributed by atoms with Gasteiger partial charge in [0.2, 0.25) is 0 Å². The Morgan fingerprint density at radius 2 is 2.17 bits per heavy atom. The van der Waals surface area contributed by atoms with Crippen molar-refractivity contribution in [2.24, 2.45) is 5.92 Å². The third-order valence-electron chi connectivity index (χ3n) is 4.41. The Labute approximate surface area is 138 Å². The summed E-state index contributed by atoms with van der Waals surface area (Å²) in [6.45, 7) is 7.04.